The molecule has 0 spiro atoms. The molecule has 3 nitrogen and oxygen atoms in total. The van der Waals surface area contributed by atoms with E-state index in [1.807, 2.05) is 18.2 Å². The van der Waals surface area contributed by atoms with E-state index in [-0.39, 0.29) is 0 Å². The van der Waals surface area contributed by atoms with E-state index in [1.54, 1.807) is 0 Å². The van der Waals surface area contributed by atoms with Gasteiger partial charge in [0.1, 0.15) is 5.75 Å². The lowest BCUT2D eigenvalue weighted by Crippen LogP contribution is -2.21. The number of hydrogen-bond donors (Lipinski definition) is 3. The van der Waals surface area contributed by atoms with Crippen LogP contribution in [0.25, 0.3) is 0 Å². The molecule has 4 N–H and O–H groups in total. The number of aromatic hydroxyl groups is 1. The standard InChI is InChI=1S/C24H38N2O/c1-2-3-4-5-6-7-8-9-10-11-12-13-14-15-22-16-17-23(24(27)20-22)21-26-19-18-25/h2,4-5,7-8,16-17,20,26-27H,1,3,6,9-15,18-19,21,25H2/b5-4+,8-7+. The number of benzene rings is 1. The summed E-state index contributed by atoms with van der Waals surface area (Å²) < 4.78 is 0. The average Bonchev–Trinajstić information content (AvgIpc) is 2.67. The fourth-order valence-electron chi connectivity index (χ4n) is 2.94. The summed E-state index contributed by atoms with van der Waals surface area (Å²) in [6, 6.07) is 6.06. The summed E-state index contributed by atoms with van der Waals surface area (Å²) in [7, 11) is 0. The van der Waals surface area contributed by atoms with Gasteiger partial charge in [-0.3, -0.25) is 0 Å². The zero-order valence-electron chi connectivity index (χ0n) is 16.8. The Hall–Kier alpha value is -1.84. The molecule has 0 aliphatic carbocycles. The molecule has 0 atom stereocenters. The number of unbranched alkanes of at least 4 members (excludes halogenated alkanes) is 5. The van der Waals surface area contributed by atoms with Crippen LogP contribution < -0.4 is 11.1 Å². The Morgan fingerprint density at radius 2 is 1.70 bits per heavy atom. The number of aryl methyl sites for hydroxylation is 1. The Labute approximate surface area is 166 Å². The molecule has 0 aliphatic heterocycles. The lowest BCUT2D eigenvalue weighted by atomic mass is 10.0. The van der Waals surface area contributed by atoms with Crippen molar-refractivity contribution in [2.75, 3.05) is 13.1 Å². The van der Waals surface area contributed by atoms with E-state index in [1.165, 1.54) is 44.1 Å². The van der Waals surface area contributed by atoms with Crippen LogP contribution >= 0.6 is 0 Å². The Morgan fingerprint density at radius 1 is 0.963 bits per heavy atom. The summed E-state index contributed by atoms with van der Waals surface area (Å²) in [5.74, 6) is 0.392. The summed E-state index contributed by atoms with van der Waals surface area (Å²) in [6.45, 7) is 5.75. The number of nitrogens with two attached hydrogens (primary N) is 1. The van der Waals surface area contributed by atoms with E-state index in [4.69, 9.17) is 5.73 Å². The molecule has 0 amide bonds. The third-order valence-electron chi connectivity index (χ3n) is 4.53. The first kappa shape index (κ1) is 23.2. The van der Waals surface area contributed by atoms with E-state index in [9.17, 15) is 5.11 Å². The molecule has 0 fully saturated rings. The van der Waals surface area contributed by atoms with Crippen molar-refractivity contribution < 1.29 is 5.11 Å². The molecule has 1 aromatic carbocycles. The number of phenols is 1. The van der Waals surface area contributed by atoms with Crippen LogP contribution in [0.3, 0.4) is 0 Å². The van der Waals surface area contributed by atoms with Crippen LogP contribution in [0, 0.1) is 0 Å². The topological polar surface area (TPSA) is 58.3 Å². The van der Waals surface area contributed by atoms with E-state index in [2.05, 4.69) is 42.3 Å². The minimum Gasteiger partial charge on any atom is -0.508 e. The van der Waals surface area contributed by atoms with Crippen molar-refractivity contribution in [2.45, 2.75) is 64.3 Å². The maximum absolute atomic E-state index is 10.1. The fourth-order valence-corrected chi connectivity index (χ4v) is 2.94. The zero-order valence-corrected chi connectivity index (χ0v) is 16.8. The van der Waals surface area contributed by atoms with Gasteiger partial charge in [-0.25, -0.2) is 0 Å². The van der Waals surface area contributed by atoms with Crippen LogP contribution in [0.4, 0.5) is 0 Å². The number of allylic oxidation sites excluding steroid dienone is 5. The van der Waals surface area contributed by atoms with Crippen molar-refractivity contribution in [1.82, 2.24) is 5.32 Å². The van der Waals surface area contributed by atoms with Gasteiger partial charge in [-0.15, -0.1) is 6.58 Å². The van der Waals surface area contributed by atoms with Gasteiger partial charge in [-0.2, -0.15) is 0 Å². The van der Waals surface area contributed by atoms with Crippen molar-refractivity contribution in [3.8, 4) is 5.75 Å². The monoisotopic (exact) mass is 370 g/mol. The quantitative estimate of drug-likeness (QED) is 0.270. The SMILES string of the molecule is C=CC/C=C/C/C=C/CCCCCCCc1ccc(CNCCN)c(O)c1. The van der Waals surface area contributed by atoms with Crippen LogP contribution in [-0.4, -0.2) is 18.2 Å². The summed E-state index contributed by atoms with van der Waals surface area (Å²) in [5.41, 5.74) is 7.63. The van der Waals surface area contributed by atoms with Gasteiger partial charge >= 0.3 is 0 Å². The first-order chi connectivity index (χ1) is 13.3. The molecule has 0 saturated heterocycles. The van der Waals surface area contributed by atoms with Crippen molar-refractivity contribution >= 4 is 0 Å². The number of rotatable bonds is 16. The number of hydrogen-bond acceptors (Lipinski definition) is 3. The largest absolute Gasteiger partial charge is 0.508 e. The van der Waals surface area contributed by atoms with Crippen LogP contribution in [0.1, 0.15) is 62.5 Å². The van der Waals surface area contributed by atoms with E-state index in [0.717, 1.165) is 31.4 Å². The van der Waals surface area contributed by atoms with Crippen LogP contribution in [-0.2, 0) is 13.0 Å². The highest BCUT2D eigenvalue weighted by Gasteiger charge is 2.02. The summed E-state index contributed by atoms with van der Waals surface area (Å²) in [6.07, 6.45) is 21.3. The maximum atomic E-state index is 10.1. The molecule has 0 saturated carbocycles. The van der Waals surface area contributed by atoms with Gasteiger partial charge in [-0.1, -0.05) is 61.8 Å². The maximum Gasteiger partial charge on any atom is 0.120 e. The lowest BCUT2D eigenvalue weighted by Gasteiger charge is -2.08. The molecule has 1 aromatic rings. The Balaban J connectivity index is 2.05. The highest BCUT2D eigenvalue weighted by molar-refractivity contribution is 5.36. The third kappa shape index (κ3) is 12.2. The molecule has 0 unspecified atom stereocenters. The van der Waals surface area contributed by atoms with Crippen LogP contribution in [0.5, 0.6) is 5.75 Å². The first-order valence-electron chi connectivity index (χ1n) is 10.4. The predicted octanol–water partition coefficient (Wildman–Crippen LogP) is 5.40. The zero-order chi connectivity index (χ0) is 19.6. The van der Waals surface area contributed by atoms with Crippen LogP contribution in [0.15, 0.2) is 55.2 Å². The predicted molar refractivity (Wildman–Crippen MR) is 118 cm³/mol. The van der Waals surface area contributed by atoms with Crippen molar-refractivity contribution in [1.29, 1.82) is 0 Å². The average molecular weight is 371 g/mol. The van der Waals surface area contributed by atoms with Crippen LogP contribution in [0.2, 0.25) is 0 Å². The number of nitrogens with one attached hydrogen (secondary N) is 1. The normalized spacial score (nSPS) is 11.6. The first-order valence-corrected chi connectivity index (χ1v) is 10.4. The highest BCUT2D eigenvalue weighted by atomic mass is 16.3. The fraction of sp³-hybridized carbons (Fsp3) is 0.500. The summed E-state index contributed by atoms with van der Waals surface area (Å²) in [4.78, 5) is 0. The van der Waals surface area contributed by atoms with E-state index in [0.29, 0.717) is 18.8 Å². The lowest BCUT2D eigenvalue weighted by molar-refractivity contribution is 0.463. The molecular weight excluding hydrogens is 332 g/mol. The van der Waals surface area contributed by atoms with Gasteiger partial charge in [0.2, 0.25) is 0 Å². The Kier molecular flexibility index (Phi) is 14.0. The second kappa shape index (κ2) is 16.3. The second-order valence-corrected chi connectivity index (χ2v) is 6.94. The number of phenolic OH excluding ortho intramolecular Hbond substituents is 1. The summed E-state index contributed by atoms with van der Waals surface area (Å²) >= 11 is 0. The molecule has 0 aromatic heterocycles. The highest BCUT2D eigenvalue weighted by Crippen LogP contribution is 2.20. The molecule has 27 heavy (non-hydrogen) atoms. The van der Waals surface area contributed by atoms with Crippen molar-refractivity contribution in [3.05, 3.63) is 66.3 Å². The van der Waals surface area contributed by atoms with Crippen molar-refractivity contribution in [2.24, 2.45) is 5.73 Å². The Bertz CT molecular complexity index is 563. The molecule has 3 heteroatoms. The molecule has 0 heterocycles. The third-order valence-corrected chi connectivity index (χ3v) is 4.53. The van der Waals surface area contributed by atoms with Gasteiger partial charge in [0, 0.05) is 25.2 Å². The summed E-state index contributed by atoms with van der Waals surface area (Å²) in [5, 5.41) is 13.3. The molecule has 1 rings (SSSR count). The van der Waals surface area contributed by atoms with Gasteiger partial charge < -0.3 is 16.2 Å². The molecule has 0 radical (unpaired) electrons. The van der Waals surface area contributed by atoms with Gasteiger partial charge in [-0.05, 0) is 50.2 Å². The molecular formula is C24H38N2O. The van der Waals surface area contributed by atoms with E-state index < -0.39 is 0 Å². The van der Waals surface area contributed by atoms with Gasteiger partial charge in [0.05, 0.1) is 0 Å². The van der Waals surface area contributed by atoms with Crippen molar-refractivity contribution in [3.63, 3.8) is 0 Å². The molecule has 0 bridgehead atoms. The molecule has 0 aliphatic rings. The smallest absolute Gasteiger partial charge is 0.120 e. The van der Waals surface area contributed by atoms with Gasteiger partial charge in [0.25, 0.3) is 0 Å². The van der Waals surface area contributed by atoms with E-state index >= 15 is 0 Å². The minimum absolute atomic E-state index is 0.392. The second-order valence-electron chi connectivity index (χ2n) is 6.94. The van der Waals surface area contributed by atoms with Gasteiger partial charge in [0.15, 0.2) is 0 Å². The molecule has 150 valence electrons. The Morgan fingerprint density at radius 3 is 2.48 bits per heavy atom. The minimum atomic E-state index is 0.392.